The predicted molar refractivity (Wildman–Crippen MR) is 120 cm³/mol. The molecule has 0 bridgehead atoms. The fraction of sp³-hybridized carbons (Fsp3) is 0.320. The van der Waals surface area contributed by atoms with E-state index in [9.17, 15) is 9.18 Å². The van der Waals surface area contributed by atoms with Crippen LogP contribution in [0.3, 0.4) is 0 Å². The highest BCUT2D eigenvalue weighted by Crippen LogP contribution is 2.58. The third kappa shape index (κ3) is 3.07. The summed E-state index contributed by atoms with van der Waals surface area (Å²) >= 11 is 0. The molecule has 6 rings (SSSR count). The monoisotopic (exact) mass is 429 g/mol. The van der Waals surface area contributed by atoms with Gasteiger partial charge in [-0.1, -0.05) is 30.3 Å². The number of hydrogen-bond acceptors (Lipinski definition) is 5. The first kappa shape index (κ1) is 19.4. The van der Waals surface area contributed by atoms with Gasteiger partial charge in [0.2, 0.25) is 12.4 Å². The number of anilines is 2. The van der Waals surface area contributed by atoms with Crippen LogP contribution in [0.2, 0.25) is 0 Å². The van der Waals surface area contributed by atoms with Crippen LogP contribution in [0.4, 0.5) is 16.0 Å². The van der Waals surface area contributed by atoms with Gasteiger partial charge in [0.1, 0.15) is 5.82 Å². The number of halogens is 1. The van der Waals surface area contributed by atoms with Crippen LogP contribution in [0.5, 0.6) is 0 Å². The van der Waals surface area contributed by atoms with Crippen LogP contribution in [0, 0.1) is 5.82 Å². The predicted octanol–water partition coefficient (Wildman–Crippen LogP) is 3.57. The largest absolute Gasteiger partial charge is 0.336 e. The second-order valence-corrected chi connectivity index (χ2v) is 8.96. The lowest BCUT2D eigenvalue weighted by Gasteiger charge is -2.34. The molecule has 1 spiro atoms. The van der Waals surface area contributed by atoms with Crippen molar-refractivity contribution in [2.45, 2.75) is 24.3 Å². The minimum Gasteiger partial charge on any atom is -0.336 e. The van der Waals surface area contributed by atoms with Gasteiger partial charge in [-0.05, 0) is 36.1 Å². The SMILES string of the molecule is O=CN1CCNCC1c1ccc2c(c1)N(c1ncc(-c3ccccc3F)cn1)CC21CC1. The number of fused-ring (bicyclic) bond motifs is 2. The highest BCUT2D eigenvalue weighted by Gasteiger charge is 2.52. The van der Waals surface area contributed by atoms with Crippen molar-refractivity contribution in [3.8, 4) is 11.1 Å². The smallest absolute Gasteiger partial charge is 0.229 e. The topological polar surface area (TPSA) is 61.4 Å². The Hall–Kier alpha value is -3.32. The van der Waals surface area contributed by atoms with Crippen molar-refractivity contribution in [1.29, 1.82) is 0 Å². The molecular weight excluding hydrogens is 405 g/mol. The fourth-order valence-corrected chi connectivity index (χ4v) is 5.11. The first-order valence-electron chi connectivity index (χ1n) is 11.1. The Bertz CT molecular complexity index is 1180. The molecule has 2 fully saturated rings. The number of amides is 1. The second-order valence-electron chi connectivity index (χ2n) is 8.96. The van der Waals surface area contributed by atoms with E-state index in [2.05, 4.69) is 38.4 Å². The van der Waals surface area contributed by atoms with Crippen molar-refractivity contribution in [1.82, 2.24) is 20.2 Å². The minimum absolute atomic E-state index is 0.0218. The Morgan fingerprint density at radius 2 is 1.94 bits per heavy atom. The number of carbonyl (C=O) groups is 1. The van der Waals surface area contributed by atoms with Crippen LogP contribution in [-0.4, -0.2) is 47.5 Å². The number of piperazine rings is 1. The number of hydrogen-bond donors (Lipinski definition) is 1. The molecule has 0 radical (unpaired) electrons. The molecule has 7 heteroatoms. The van der Waals surface area contributed by atoms with Gasteiger partial charge >= 0.3 is 0 Å². The lowest BCUT2D eigenvalue weighted by Crippen LogP contribution is -2.45. The first-order valence-corrected chi connectivity index (χ1v) is 11.1. The van der Waals surface area contributed by atoms with Crippen molar-refractivity contribution >= 4 is 18.0 Å². The highest BCUT2D eigenvalue weighted by molar-refractivity contribution is 5.73. The molecule has 1 atom stereocenters. The van der Waals surface area contributed by atoms with Gasteiger partial charge in [-0.2, -0.15) is 0 Å². The summed E-state index contributed by atoms with van der Waals surface area (Å²) in [5, 5.41) is 3.39. The number of carbonyl (C=O) groups excluding carboxylic acids is 1. The molecular formula is C25H24FN5O. The highest BCUT2D eigenvalue weighted by atomic mass is 19.1. The summed E-state index contributed by atoms with van der Waals surface area (Å²) in [5.74, 6) is 0.346. The van der Waals surface area contributed by atoms with Crippen LogP contribution in [0.15, 0.2) is 54.9 Å². The van der Waals surface area contributed by atoms with E-state index in [-0.39, 0.29) is 17.3 Å². The summed E-state index contributed by atoms with van der Waals surface area (Å²) in [4.78, 5) is 24.9. The van der Waals surface area contributed by atoms with E-state index in [1.54, 1.807) is 24.5 Å². The van der Waals surface area contributed by atoms with E-state index in [0.717, 1.165) is 50.1 Å². The Morgan fingerprint density at radius 1 is 1.12 bits per heavy atom. The van der Waals surface area contributed by atoms with Crippen molar-refractivity contribution in [3.63, 3.8) is 0 Å². The number of aromatic nitrogens is 2. The molecule has 3 aromatic rings. The number of nitrogens with one attached hydrogen (secondary N) is 1. The first-order chi connectivity index (χ1) is 15.7. The van der Waals surface area contributed by atoms with Crippen molar-refractivity contribution in [2.75, 3.05) is 31.1 Å². The second kappa shape index (κ2) is 7.38. The normalized spacial score (nSPS) is 21.0. The Balaban J connectivity index is 1.36. The summed E-state index contributed by atoms with van der Waals surface area (Å²) < 4.78 is 14.2. The molecule has 1 amide bonds. The van der Waals surface area contributed by atoms with Gasteiger partial charge in [-0.15, -0.1) is 0 Å². The minimum atomic E-state index is -0.280. The van der Waals surface area contributed by atoms with Gasteiger partial charge in [0, 0.05) is 60.8 Å². The Labute approximate surface area is 186 Å². The zero-order valence-corrected chi connectivity index (χ0v) is 17.7. The van der Waals surface area contributed by atoms with Crippen LogP contribution < -0.4 is 10.2 Å². The van der Waals surface area contributed by atoms with E-state index in [1.165, 1.54) is 11.6 Å². The lowest BCUT2D eigenvalue weighted by molar-refractivity contribution is -0.121. The van der Waals surface area contributed by atoms with E-state index >= 15 is 0 Å². The van der Waals surface area contributed by atoms with E-state index in [4.69, 9.17) is 0 Å². The summed E-state index contributed by atoms with van der Waals surface area (Å²) in [5.41, 5.74) is 4.92. The molecule has 1 aromatic heterocycles. The fourth-order valence-electron chi connectivity index (χ4n) is 5.11. The number of benzene rings is 2. The molecule has 1 saturated carbocycles. The Morgan fingerprint density at radius 3 is 2.69 bits per heavy atom. The molecule has 32 heavy (non-hydrogen) atoms. The lowest BCUT2D eigenvalue weighted by atomic mass is 9.95. The van der Waals surface area contributed by atoms with Crippen LogP contribution >= 0.6 is 0 Å². The number of nitrogens with zero attached hydrogens (tertiary/aromatic N) is 4. The standard InChI is InChI=1S/C25H24FN5O/c26-21-4-2-1-3-19(21)18-12-28-24(29-13-18)31-15-25(7-8-25)20-6-5-17(11-22(20)31)23-14-27-9-10-30(23)16-32/h1-6,11-13,16,23,27H,7-10,14-15H2. The van der Waals surface area contributed by atoms with Crippen LogP contribution in [0.1, 0.15) is 30.0 Å². The molecule has 1 N–H and O–H groups in total. The maximum Gasteiger partial charge on any atom is 0.229 e. The molecule has 2 aliphatic heterocycles. The zero-order valence-electron chi connectivity index (χ0n) is 17.7. The molecule has 1 aliphatic carbocycles. The van der Waals surface area contributed by atoms with E-state index < -0.39 is 0 Å². The maximum atomic E-state index is 14.2. The quantitative estimate of drug-likeness (QED) is 0.643. The summed E-state index contributed by atoms with van der Waals surface area (Å²) in [6.07, 6.45) is 6.66. The molecule has 1 saturated heterocycles. The molecule has 1 unspecified atom stereocenters. The molecule has 3 aliphatic rings. The van der Waals surface area contributed by atoms with Gasteiger partial charge in [-0.25, -0.2) is 14.4 Å². The molecule has 2 aromatic carbocycles. The number of rotatable bonds is 4. The van der Waals surface area contributed by atoms with E-state index in [1.807, 2.05) is 11.0 Å². The summed E-state index contributed by atoms with van der Waals surface area (Å²) in [6.45, 7) is 3.12. The summed E-state index contributed by atoms with van der Waals surface area (Å²) in [6, 6.07) is 13.3. The van der Waals surface area contributed by atoms with Crippen LogP contribution in [0.25, 0.3) is 11.1 Å². The van der Waals surface area contributed by atoms with Crippen molar-refractivity contribution < 1.29 is 9.18 Å². The van der Waals surface area contributed by atoms with Gasteiger partial charge < -0.3 is 15.1 Å². The average Bonchev–Trinajstić information content (AvgIpc) is 3.56. The molecule has 162 valence electrons. The van der Waals surface area contributed by atoms with Crippen molar-refractivity contribution in [2.24, 2.45) is 0 Å². The van der Waals surface area contributed by atoms with Gasteiger partial charge in [0.15, 0.2) is 0 Å². The average molecular weight is 429 g/mol. The van der Waals surface area contributed by atoms with Crippen molar-refractivity contribution in [3.05, 3.63) is 71.8 Å². The van der Waals surface area contributed by atoms with Gasteiger partial charge in [0.25, 0.3) is 0 Å². The zero-order chi connectivity index (χ0) is 21.7. The van der Waals surface area contributed by atoms with Crippen LogP contribution in [-0.2, 0) is 10.2 Å². The maximum absolute atomic E-state index is 14.2. The molecule has 6 nitrogen and oxygen atoms in total. The summed E-state index contributed by atoms with van der Waals surface area (Å²) in [7, 11) is 0. The third-order valence-corrected chi connectivity index (χ3v) is 7.07. The van der Waals surface area contributed by atoms with Gasteiger partial charge in [-0.3, -0.25) is 4.79 Å². The van der Waals surface area contributed by atoms with Gasteiger partial charge in [0.05, 0.1) is 6.04 Å². The molecule has 3 heterocycles. The Kier molecular flexibility index (Phi) is 4.47. The van der Waals surface area contributed by atoms with E-state index in [0.29, 0.717) is 23.6 Å². The third-order valence-electron chi connectivity index (χ3n) is 7.07.